The number of pyridine rings is 1. The molecule has 5 nitrogen and oxygen atoms in total. The fourth-order valence-corrected chi connectivity index (χ4v) is 1.41. The van der Waals surface area contributed by atoms with Crippen molar-refractivity contribution in [3.05, 3.63) is 41.8 Å². The molecular weight excluding hydrogens is 218 g/mol. The molecule has 17 heavy (non-hydrogen) atoms. The molecule has 0 radical (unpaired) electrons. The van der Waals surface area contributed by atoms with Crippen molar-refractivity contribution in [3.63, 3.8) is 0 Å². The molecule has 0 saturated heterocycles. The minimum absolute atomic E-state index is 0.120. The van der Waals surface area contributed by atoms with Crippen LogP contribution in [0.2, 0.25) is 0 Å². The molecule has 0 fully saturated rings. The van der Waals surface area contributed by atoms with E-state index in [1.807, 2.05) is 18.2 Å². The highest BCUT2D eigenvalue weighted by atomic mass is 16.5. The molecule has 2 aromatic rings. The second-order valence-corrected chi connectivity index (χ2v) is 3.80. The van der Waals surface area contributed by atoms with Crippen molar-refractivity contribution < 1.29 is 9.32 Å². The van der Waals surface area contributed by atoms with E-state index in [0.29, 0.717) is 31.0 Å². The molecule has 0 aromatic carbocycles. The number of rotatable bonds is 5. The predicted octanol–water partition coefficient (Wildman–Crippen LogP) is 1.58. The van der Waals surface area contributed by atoms with Gasteiger partial charge in [0.05, 0.1) is 6.42 Å². The van der Waals surface area contributed by atoms with Crippen molar-refractivity contribution in [1.29, 1.82) is 0 Å². The molecule has 88 valence electrons. The summed E-state index contributed by atoms with van der Waals surface area (Å²) >= 11 is 0. The van der Waals surface area contributed by atoms with Crippen LogP contribution in [0.15, 0.2) is 28.9 Å². The van der Waals surface area contributed by atoms with Gasteiger partial charge in [0, 0.05) is 24.7 Å². The number of aryl methyl sites for hydroxylation is 1. The van der Waals surface area contributed by atoms with E-state index in [4.69, 9.17) is 4.52 Å². The first-order valence-corrected chi connectivity index (χ1v) is 5.45. The van der Waals surface area contributed by atoms with Gasteiger partial charge in [-0.2, -0.15) is 4.98 Å². The van der Waals surface area contributed by atoms with Gasteiger partial charge in [0.25, 0.3) is 0 Å². The lowest BCUT2D eigenvalue weighted by molar-refractivity contribution is -0.117. The summed E-state index contributed by atoms with van der Waals surface area (Å²) in [6.45, 7) is 1.55. The normalized spacial score (nSPS) is 10.4. The van der Waals surface area contributed by atoms with E-state index in [-0.39, 0.29) is 5.78 Å². The first kappa shape index (κ1) is 11.4. The molecular formula is C12H13N3O2. The van der Waals surface area contributed by atoms with Crippen molar-refractivity contribution in [2.24, 2.45) is 0 Å². The molecule has 0 bridgehead atoms. The molecule has 0 saturated carbocycles. The number of aromatic nitrogens is 3. The molecule has 0 spiro atoms. The van der Waals surface area contributed by atoms with E-state index in [1.54, 1.807) is 13.1 Å². The van der Waals surface area contributed by atoms with E-state index in [2.05, 4.69) is 15.1 Å². The van der Waals surface area contributed by atoms with Crippen molar-refractivity contribution in [1.82, 2.24) is 15.1 Å². The van der Waals surface area contributed by atoms with Gasteiger partial charge >= 0.3 is 0 Å². The molecule has 2 rings (SSSR count). The maximum absolute atomic E-state index is 10.8. The first-order valence-electron chi connectivity index (χ1n) is 5.45. The Kier molecular flexibility index (Phi) is 3.59. The smallest absolute Gasteiger partial charge is 0.227 e. The predicted molar refractivity (Wildman–Crippen MR) is 60.3 cm³/mol. The summed E-state index contributed by atoms with van der Waals surface area (Å²) < 4.78 is 5.05. The maximum atomic E-state index is 10.8. The van der Waals surface area contributed by atoms with Gasteiger partial charge in [-0.05, 0) is 19.1 Å². The second kappa shape index (κ2) is 5.34. The fourth-order valence-electron chi connectivity index (χ4n) is 1.41. The van der Waals surface area contributed by atoms with Crippen LogP contribution in [0.5, 0.6) is 0 Å². The highest BCUT2D eigenvalue weighted by molar-refractivity contribution is 5.75. The van der Waals surface area contributed by atoms with Gasteiger partial charge in [0.1, 0.15) is 5.78 Å². The minimum atomic E-state index is 0.120. The number of Topliss-reactive ketones (excluding diaryl/α,β-unsaturated/α-hetero) is 1. The van der Waals surface area contributed by atoms with Gasteiger partial charge < -0.3 is 9.32 Å². The van der Waals surface area contributed by atoms with Crippen LogP contribution in [-0.4, -0.2) is 20.9 Å². The Bertz CT molecular complexity index is 493. The Morgan fingerprint density at radius 1 is 1.41 bits per heavy atom. The summed E-state index contributed by atoms with van der Waals surface area (Å²) in [5.41, 5.74) is 0.895. The number of carbonyl (C=O) groups excluding carboxylic acids is 1. The van der Waals surface area contributed by atoms with Gasteiger partial charge in [-0.15, -0.1) is 0 Å². The van der Waals surface area contributed by atoms with Gasteiger partial charge in [-0.25, -0.2) is 0 Å². The Balaban J connectivity index is 1.97. The van der Waals surface area contributed by atoms with Gasteiger partial charge in [-0.1, -0.05) is 11.2 Å². The summed E-state index contributed by atoms with van der Waals surface area (Å²) in [5, 5.41) is 3.85. The number of hydrogen-bond acceptors (Lipinski definition) is 5. The summed E-state index contributed by atoms with van der Waals surface area (Å²) in [4.78, 5) is 19.2. The van der Waals surface area contributed by atoms with Crippen molar-refractivity contribution in [2.75, 3.05) is 0 Å². The van der Waals surface area contributed by atoms with Crippen molar-refractivity contribution in [2.45, 2.75) is 26.2 Å². The van der Waals surface area contributed by atoms with E-state index in [9.17, 15) is 4.79 Å². The fraction of sp³-hybridized carbons (Fsp3) is 0.333. The van der Waals surface area contributed by atoms with Crippen LogP contribution in [-0.2, 0) is 17.6 Å². The number of hydrogen-bond donors (Lipinski definition) is 0. The van der Waals surface area contributed by atoms with Crippen LogP contribution in [0.1, 0.15) is 30.8 Å². The molecule has 2 heterocycles. The quantitative estimate of drug-likeness (QED) is 0.781. The first-order chi connectivity index (χ1) is 8.24. The molecule has 0 atom stereocenters. The molecule has 0 N–H and O–H groups in total. The molecule has 2 aromatic heterocycles. The zero-order chi connectivity index (χ0) is 12.1. The van der Waals surface area contributed by atoms with E-state index in [0.717, 1.165) is 5.69 Å². The number of nitrogens with zero attached hydrogens (tertiary/aromatic N) is 3. The van der Waals surface area contributed by atoms with E-state index < -0.39 is 0 Å². The molecule has 0 aliphatic carbocycles. The monoisotopic (exact) mass is 231 g/mol. The Morgan fingerprint density at radius 3 is 3.00 bits per heavy atom. The molecule has 0 unspecified atom stereocenters. The summed E-state index contributed by atoms with van der Waals surface area (Å²) in [6, 6.07) is 5.68. The van der Waals surface area contributed by atoms with Gasteiger partial charge in [0.15, 0.2) is 5.82 Å². The number of carbonyl (C=O) groups is 1. The molecule has 5 heteroatoms. The van der Waals surface area contributed by atoms with E-state index in [1.165, 1.54) is 0 Å². The summed E-state index contributed by atoms with van der Waals surface area (Å²) in [6.07, 6.45) is 3.21. The van der Waals surface area contributed by atoms with Gasteiger partial charge in [0.2, 0.25) is 5.89 Å². The lowest BCUT2D eigenvalue weighted by atomic mass is 10.2. The highest BCUT2D eigenvalue weighted by Gasteiger charge is 2.08. The minimum Gasteiger partial charge on any atom is -0.339 e. The van der Waals surface area contributed by atoms with Crippen LogP contribution in [0, 0.1) is 0 Å². The second-order valence-electron chi connectivity index (χ2n) is 3.80. The Labute approximate surface area is 98.9 Å². The van der Waals surface area contributed by atoms with Crippen LogP contribution in [0.25, 0.3) is 0 Å². The van der Waals surface area contributed by atoms with Crippen LogP contribution < -0.4 is 0 Å². The topological polar surface area (TPSA) is 68.9 Å². The zero-order valence-electron chi connectivity index (χ0n) is 9.59. The van der Waals surface area contributed by atoms with Crippen molar-refractivity contribution >= 4 is 5.78 Å². The Morgan fingerprint density at radius 2 is 2.29 bits per heavy atom. The third kappa shape index (κ3) is 3.48. The SMILES string of the molecule is CC(=O)CCc1nc(Cc2ccccn2)no1. The molecule has 0 aliphatic rings. The van der Waals surface area contributed by atoms with Crippen LogP contribution in [0.3, 0.4) is 0 Å². The van der Waals surface area contributed by atoms with E-state index >= 15 is 0 Å². The van der Waals surface area contributed by atoms with Gasteiger partial charge in [-0.3, -0.25) is 4.98 Å². The third-order valence-electron chi connectivity index (χ3n) is 2.27. The molecule has 0 amide bonds. The lowest BCUT2D eigenvalue weighted by Gasteiger charge is -1.93. The average molecular weight is 231 g/mol. The lowest BCUT2D eigenvalue weighted by Crippen LogP contribution is -1.96. The average Bonchev–Trinajstić information content (AvgIpc) is 2.75. The highest BCUT2D eigenvalue weighted by Crippen LogP contribution is 2.05. The van der Waals surface area contributed by atoms with Crippen molar-refractivity contribution in [3.8, 4) is 0 Å². The molecule has 0 aliphatic heterocycles. The summed E-state index contributed by atoms with van der Waals surface area (Å²) in [7, 11) is 0. The van der Waals surface area contributed by atoms with Crippen LogP contribution in [0.4, 0.5) is 0 Å². The Hall–Kier alpha value is -2.04. The zero-order valence-corrected chi connectivity index (χ0v) is 9.59. The largest absolute Gasteiger partial charge is 0.339 e. The maximum Gasteiger partial charge on any atom is 0.227 e. The number of ketones is 1. The summed E-state index contributed by atoms with van der Waals surface area (Å²) in [5.74, 6) is 1.22. The van der Waals surface area contributed by atoms with Crippen LogP contribution >= 0.6 is 0 Å². The standard InChI is InChI=1S/C12H13N3O2/c1-9(16)5-6-12-14-11(15-17-12)8-10-4-2-3-7-13-10/h2-4,7H,5-6,8H2,1H3. The third-order valence-corrected chi connectivity index (χ3v) is 2.27.